The van der Waals surface area contributed by atoms with Gasteiger partial charge >= 0.3 is 0 Å². The van der Waals surface area contributed by atoms with Crippen LogP contribution in [0.15, 0.2) is 47.1 Å². The zero-order valence-electron chi connectivity index (χ0n) is 20.6. The van der Waals surface area contributed by atoms with Crippen molar-refractivity contribution < 1.29 is 9.59 Å². The van der Waals surface area contributed by atoms with Gasteiger partial charge in [-0.25, -0.2) is 0 Å². The van der Waals surface area contributed by atoms with Crippen LogP contribution in [-0.2, 0) is 9.59 Å². The molecule has 0 aromatic carbocycles. The van der Waals surface area contributed by atoms with Gasteiger partial charge in [-0.15, -0.1) is 0 Å². The molecule has 0 aliphatic carbocycles. The maximum Gasteiger partial charge on any atom is 0.211 e. The number of amides is 2. The highest BCUT2D eigenvalue weighted by molar-refractivity contribution is 5.54. The third-order valence-electron chi connectivity index (χ3n) is 6.70. The predicted molar refractivity (Wildman–Crippen MR) is 131 cm³/mol. The Balaban J connectivity index is 2.38. The van der Waals surface area contributed by atoms with E-state index in [-0.39, 0.29) is 18.2 Å². The van der Waals surface area contributed by atoms with E-state index in [1.165, 1.54) is 0 Å². The number of hydrogen-bond acceptors (Lipinski definition) is 4. The molecule has 2 saturated heterocycles. The maximum atomic E-state index is 12.5. The van der Waals surface area contributed by atoms with Gasteiger partial charge in [0.1, 0.15) is 6.17 Å². The van der Waals surface area contributed by atoms with Gasteiger partial charge in [0.25, 0.3) is 0 Å². The topological polar surface area (TPSA) is 64.7 Å². The Bertz CT molecular complexity index is 655. The van der Waals surface area contributed by atoms with Crippen LogP contribution < -0.4 is 10.6 Å². The van der Waals surface area contributed by atoms with Crippen LogP contribution in [0, 0.1) is 0 Å². The second-order valence-electron chi connectivity index (χ2n) is 8.71. The molecule has 0 unspecified atom stereocenters. The summed E-state index contributed by atoms with van der Waals surface area (Å²) in [6, 6.07) is 0.0636. The summed E-state index contributed by atoms with van der Waals surface area (Å²) in [7, 11) is 0. The second-order valence-corrected chi connectivity index (χ2v) is 8.71. The standard InChI is InChI=1S/C26H42N4O2/c1-6-11-12-13-26(29(18-31)24-14-20(7-2)27-21(8-3)15-24)30(19-32)25-16-22(9-4)28-23(10-5)17-25/h7-10,18-19,24-28H,6,11-17H2,1-5H3/b20-7-,21-8-,22-9-,23-10-. The number of hydrogen-bond donors (Lipinski definition) is 2. The van der Waals surface area contributed by atoms with Crippen LogP contribution in [0.3, 0.4) is 0 Å². The summed E-state index contributed by atoms with van der Waals surface area (Å²) in [5.74, 6) is 0. The molecule has 32 heavy (non-hydrogen) atoms. The Labute approximate surface area is 194 Å². The Morgan fingerprint density at radius 1 is 0.750 bits per heavy atom. The third-order valence-corrected chi connectivity index (χ3v) is 6.70. The smallest absolute Gasteiger partial charge is 0.211 e. The van der Waals surface area contributed by atoms with Gasteiger partial charge in [0.05, 0.1) is 0 Å². The largest absolute Gasteiger partial charge is 0.363 e. The van der Waals surface area contributed by atoms with E-state index in [9.17, 15) is 9.59 Å². The Kier molecular flexibility index (Phi) is 10.6. The van der Waals surface area contributed by atoms with E-state index in [1.807, 2.05) is 37.5 Å². The Hall–Kier alpha value is -2.50. The van der Waals surface area contributed by atoms with Crippen molar-refractivity contribution in [2.45, 2.75) is 104 Å². The molecule has 6 nitrogen and oxygen atoms in total. The normalized spacial score (nSPS) is 27.2. The van der Waals surface area contributed by atoms with Gasteiger partial charge in [-0.1, -0.05) is 44.1 Å². The summed E-state index contributed by atoms with van der Waals surface area (Å²) in [5, 5.41) is 6.92. The first-order valence-corrected chi connectivity index (χ1v) is 12.1. The summed E-state index contributed by atoms with van der Waals surface area (Å²) in [6.07, 6.45) is 17.1. The van der Waals surface area contributed by atoms with E-state index in [0.717, 1.165) is 87.0 Å². The van der Waals surface area contributed by atoms with Gasteiger partial charge in [0.2, 0.25) is 12.8 Å². The monoisotopic (exact) mass is 442 g/mol. The first-order valence-electron chi connectivity index (χ1n) is 12.1. The molecule has 0 spiro atoms. The molecule has 2 rings (SSSR count). The van der Waals surface area contributed by atoms with Crippen molar-refractivity contribution in [1.29, 1.82) is 0 Å². The SMILES string of the molecule is C/C=C1/CC(N(C=O)C(CCCCC)N(C=O)C2C/C(=C/C)N/C(=C\C)C2)C/C(=C/C)N1. The van der Waals surface area contributed by atoms with Crippen molar-refractivity contribution >= 4 is 12.8 Å². The van der Waals surface area contributed by atoms with Crippen LogP contribution in [0.5, 0.6) is 0 Å². The fourth-order valence-electron chi connectivity index (χ4n) is 4.79. The summed E-state index contributed by atoms with van der Waals surface area (Å²) >= 11 is 0. The van der Waals surface area contributed by atoms with E-state index in [2.05, 4.69) is 41.9 Å². The van der Waals surface area contributed by atoms with E-state index >= 15 is 0 Å². The number of piperidine rings is 2. The van der Waals surface area contributed by atoms with Crippen molar-refractivity contribution in [3.05, 3.63) is 47.1 Å². The van der Waals surface area contributed by atoms with Crippen LogP contribution in [0.25, 0.3) is 0 Å². The van der Waals surface area contributed by atoms with Crippen LogP contribution in [0.4, 0.5) is 0 Å². The average molecular weight is 443 g/mol. The minimum absolute atomic E-state index is 0.0318. The fourth-order valence-corrected chi connectivity index (χ4v) is 4.79. The van der Waals surface area contributed by atoms with E-state index < -0.39 is 0 Å². The van der Waals surface area contributed by atoms with E-state index in [1.54, 1.807) is 0 Å². The Morgan fingerprint density at radius 2 is 1.12 bits per heavy atom. The summed E-state index contributed by atoms with van der Waals surface area (Å²) in [6.45, 7) is 10.3. The lowest BCUT2D eigenvalue weighted by atomic mass is 9.95. The molecular formula is C26H42N4O2. The molecule has 2 fully saturated rings. The first-order chi connectivity index (χ1) is 15.5. The molecule has 2 heterocycles. The number of nitrogens with zero attached hydrogens (tertiary/aromatic N) is 2. The molecule has 6 heteroatoms. The quantitative estimate of drug-likeness (QED) is 0.286. The van der Waals surface area contributed by atoms with Crippen LogP contribution in [0.2, 0.25) is 0 Å². The minimum atomic E-state index is -0.241. The molecule has 2 aliphatic heterocycles. The number of allylic oxidation sites excluding steroid dienone is 4. The lowest BCUT2D eigenvalue weighted by Crippen LogP contribution is -2.57. The average Bonchev–Trinajstić information content (AvgIpc) is 2.84. The lowest BCUT2D eigenvalue weighted by Gasteiger charge is -2.46. The van der Waals surface area contributed by atoms with Gasteiger partial charge in [0.15, 0.2) is 0 Å². The number of nitrogens with one attached hydrogen (secondary N) is 2. The summed E-state index contributed by atoms with van der Waals surface area (Å²) < 4.78 is 0. The molecule has 2 aliphatic rings. The number of carbonyl (C=O) groups is 2. The summed E-state index contributed by atoms with van der Waals surface area (Å²) in [4.78, 5) is 28.8. The maximum absolute atomic E-state index is 12.5. The van der Waals surface area contributed by atoms with Gasteiger partial charge in [-0.2, -0.15) is 0 Å². The fraction of sp³-hybridized carbons (Fsp3) is 0.615. The van der Waals surface area contributed by atoms with Crippen molar-refractivity contribution in [2.24, 2.45) is 0 Å². The van der Waals surface area contributed by atoms with Crippen molar-refractivity contribution in [1.82, 2.24) is 20.4 Å². The van der Waals surface area contributed by atoms with Crippen molar-refractivity contribution in [2.75, 3.05) is 0 Å². The zero-order valence-corrected chi connectivity index (χ0v) is 20.6. The van der Waals surface area contributed by atoms with Crippen LogP contribution in [-0.4, -0.2) is 40.9 Å². The molecule has 0 saturated carbocycles. The van der Waals surface area contributed by atoms with E-state index in [0.29, 0.717) is 0 Å². The highest BCUT2D eigenvalue weighted by atomic mass is 16.1. The molecule has 0 radical (unpaired) electrons. The predicted octanol–water partition coefficient (Wildman–Crippen LogP) is 4.93. The number of rotatable bonds is 10. The highest BCUT2D eigenvalue weighted by Crippen LogP contribution is 2.31. The van der Waals surface area contributed by atoms with Gasteiger partial charge in [-0.3, -0.25) is 9.59 Å². The van der Waals surface area contributed by atoms with Crippen LogP contribution in [0.1, 0.15) is 86.0 Å². The molecule has 2 N–H and O–H groups in total. The summed E-state index contributed by atoms with van der Waals surface area (Å²) in [5.41, 5.74) is 4.50. The first kappa shape index (κ1) is 25.8. The zero-order chi connectivity index (χ0) is 23.5. The molecule has 0 atom stereocenters. The lowest BCUT2D eigenvalue weighted by molar-refractivity contribution is -0.138. The van der Waals surface area contributed by atoms with Crippen LogP contribution >= 0.6 is 0 Å². The molecular weight excluding hydrogens is 400 g/mol. The molecule has 0 aromatic rings. The molecule has 2 amide bonds. The van der Waals surface area contributed by atoms with Crippen molar-refractivity contribution in [3.63, 3.8) is 0 Å². The molecule has 178 valence electrons. The number of unbranched alkanes of at least 4 members (excludes halogenated alkanes) is 2. The van der Waals surface area contributed by atoms with E-state index in [4.69, 9.17) is 0 Å². The third kappa shape index (κ3) is 6.50. The number of carbonyl (C=O) groups excluding carboxylic acids is 2. The minimum Gasteiger partial charge on any atom is -0.363 e. The van der Waals surface area contributed by atoms with Gasteiger partial charge in [-0.05, 0) is 40.5 Å². The molecule has 0 aromatic heterocycles. The highest BCUT2D eigenvalue weighted by Gasteiger charge is 2.36. The van der Waals surface area contributed by atoms with Gasteiger partial charge in [0, 0.05) is 60.6 Å². The van der Waals surface area contributed by atoms with Crippen molar-refractivity contribution in [3.8, 4) is 0 Å². The van der Waals surface area contributed by atoms with Gasteiger partial charge < -0.3 is 20.4 Å². The second kappa shape index (κ2) is 13.1. The molecule has 0 bridgehead atoms. The Morgan fingerprint density at radius 3 is 1.41 bits per heavy atom.